The van der Waals surface area contributed by atoms with Gasteiger partial charge in [0.05, 0.1) is 7.11 Å². The second kappa shape index (κ2) is 8.08. The van der Waals surface area contributed by atoms with Crippen molar-refractivity contribution in [3.8, 4) is 5.75 Å². The second-order valence-electron chi connectivity index (χ2n) is 5.33. The topological polar surface area (TPSA) is 33.3 Å². The molecule has 0 amide bonds. The molecule has 0 spiro atoms. The fraction of sp³-hybridized carbons (Fsp3) is 0.600. The number of hydrogen-bond acceptors (Lipinski definition) is 3. The molecule has 1 aliphatic heterocycles. The number of methoxy groups -OCH3 is 1. The van der Waals surface area contributed by atoms with Gasteiger partial charge in [0.15, 0.2) is 0 Å². The van der Waals surface area contributed by atoms with Crippen molar-refractivity contribution in [1.29, 1.82) is 0 Å². The lowest BCUT2D eigenvalue weighted by Crippen LogP contribution is -2.51. The van der Waals surface area contributed by atoms with Crippen LogP contribution in [0, 0.1) is 0 Å². The van der Waals surface area contributed by atoms with E-state index in [0.29, 0.717) is 12.0 Å². The molecule has 0 radical (unpaired) electrons. The van der Waals surface area contributed by atoms with Gasteiger partial charge >= 0.3 is 0 Å². The molecule has 1 aromatic rings. The van der Waals surface area contributed by atoms with Gasteiger partial charge in [-0.25, -0.2) is 0 Å². The average molecular weight is 319 g/mol. The zero-order valence-corrected chi connectivity index (χ0v) is 13.5. The predicted octanol–water partition coefficient (Wildman–Crippen LogP) is 2.52. The molecule has 3 nitrogen and oxygen atoms in total. The van der Waals surface area contributed by atoms with Crippen molar-refractivity contribution in [2.24, 2.45) is 0 Å². The number of rotatable bonds is 2. The number of aryl methyl sites for hydroxylation is 1. The van der Waals surface area contributed by atoms with Gasteiger partial charge in [-0.05, 0) is 42.5 Å². The maximum atomic E-state index is 5.33. The molecule has 20 heavy (non-hydrogen) atoms. The van der Waals surface area contributed by atoms with Gasteiger partial charge in [-0.3, -0.25) is 0 Å². The van der Waals surface area contributed by atoms with Crippen molar-refractivity contribution in [2.45, 2.75) is 31.2 Å². The van der Waals surface area contributed by atoms with Gasteiger partial charge in [0.25, 0.3) is 0 Å². The third kappa shape index (κ3) is 3.59. The van der Waals surface area contributed by atoms with E-state index in [-0.39, 0.29) is 24.8 Å². The number of piperazine rings is 1. The van der Waals surface area contributed by atoms with Crippen molar-refractivity contribution in [3.05, 3.63) is 29.3 Å². The maximum Gasteiger partial charge on any atom is 0.119 e. The molecule has 2 atom stereocenters. The molecule has 1 heterocycles. The molecule has 0 saturated carbocycles. The summed E-state index contributed by atoms with van der Waals surface area (Å²) in [6, 6.07) is 7.19. The number of halogens is 2. The van der Waals surface area contributed by atoms with Crippen molar-refractivity contribution < 1.29 is 4.74 Å². The lowest BCUT2D eigenvalue weighted by molar-refractivity contribution is 0.340. The van der Waals surface area contributed by atoms with Crippen molar-refractivity contribution in [3.63, 3.8) is 0 Å². The number of benzene rings is 1. The first-order valence-corrected chi connectivity index (χ1v) is 6.99. The van der Waals surface area contributed by atoms with Crippen LogP contribution in [0.2, 0.25) is 0 Å². The Morgan fingerprint density at radius 3 is 2.75 bits per heavy atom. The standard InChI is InChI=1S/C15H22N2O.2ClH/c1-18-12-5-6-13-11(9-12)3-2-4-14(13)15-10-16-7-8-17-15;;/h5-6,9,14-17H,2-4,7-8,10H2,1H3;2*1H. The van der Waals surface area contributed by atoms with Crippen molar-refractivity contribution >= 4 is 24.8 Å². The van der Waals surface area contributed by atoms with Crippen LogP contribution in [0.1, 0.15) is 29.9 Å². The highest BCUT2D eigenvalue weighted by atomic mass is 35.5. The van der Waals surface area contributed by atoms with E-state index in [1.807, 2.05) is 0 Å². The molecule has 1 aliphatic carbocycles. The Morgan fingerprint density at radius 2 is 2.05 bits per heavy atom. The molecular formula is C15H24Cl2N2O. The largest absolute Gasteiger partial charge is 0.497 e. The molecule has 0 aromatic heterocycles. The van der Waals surface area contributed by atoms with Crippen LogP contribution in [-0.2, 0) is 6.42 Å². The zero-order chi connectivity index (χ0) is 12.4. The molecule has 1 saturated heterocycles. The lowest BCUT2D eigenvalue weighted by atomic mass is 9.78. The van der Waals surface area contributed by atoms with Crippen LogP contribution in [0.3, 0.4) is 0 Å². The molecule has 114 valence electrons. The second-order valence-corrected chi connectivity index (χ2v) is 5.33. The van der Waals surface area contributed by atoms with E-state index < -0.39 is 0 Å². The monoisotopic (exact) mass is 318 g/mol. The van der Waals surface area contributed by atoms with Crippen LogP contribution in [0.4, 0.5) is 0 Å². The number of hydrogen-bond donors (Lipinski definition) is 2. The van der Waals surface area contributed by atoms with E-state index in [1.54, 1.807) is 7.11 Å². The molecule has 5 heteroatoms. The Labute approximate surface area is 133 Å². The van der Waals surface area contributed by atoms with E-state index in [1.165, 1.54) is 30.4 Å². The number of ether oxygens (including phenoxy) is 1. The van der Waals surface area contributed by atoms with Crippen LogP contribution in [0.5, 0.6) is 5.75 Å². The molecule has 1 fully saturated rings. The Balaban J connectivity index is 0.000001000. The molecule has 3 rings (SSSR count). The zero-order valence-electron chi connectivity index (χ0n) is 11.9. The van der Waals surface area contributed by atoms with Crippen LogP contribution < -0.4 is 15.4 Å². The van der Waals surface area contributed by atoms with Gasteiger partial charge in [0, 0.05) is 31.6 Å². The van der Waals surface area contributed by atoms with Crippen LogP contribution in [-0.4, -0.2) is 32.8 Å². The summed E-state index contributed by atoms with van der Waals surface area (Å²) in [5, 5.41) is 7.16. The van der Waals surface area contributed by atoms with Crippen molar-refractivity contribution in [1.82, 2.24) is 10.6 Å². The van der Waals surface area contributed by atoms with Crippen molar-refractivity contribution in [2.75, 3.05) is 26.7 Å². The maximum absolute atomic E-state index is 5.33. The fourth-order valence-electron chi connectivity index (χ4n) is 3.33. The van der Waals surface area contributed by atoms with E-state index in [4.69, 9.17) is 4.74 Å². The summed E-state index contributed by atoms with van der Waals surface area (Å²) in [5.41, 5.74) is 3.02. The van der Waals surface area contributed by atoms with Crippen LogP contribution in [0.15, 0.2) is 18.2 Å². The summed E-state index contributed by atoms with van der Waals surface area (Å²) in [6.45, 7) is 3.28. The Bertz CT molecular complexity index is 422. The summed E-state index contributed by atoms with van der Waals surface area (Å²) in [4.78, 5) is 0. The first kappa shape index (κ1) is 17.6. The smallest absolute Gasteiger partial charge is 0.119 e. The Hall–Kier alpha value is -0.480. The van der Waals surface area contributed by atoms with Gasteiger partial charge in [0.2, 0.25) is 0 Å². The van der Waals surface area contributed by atoms with Crippen LogP contribution >= 0.6 is 24.8 Å². The molecule has 2 aliphatic rings. The number of nitrogens with one attached hydrogen (secondary N) is 2. The average Bonchev–Trinajstić information content (AvgIpc) is 2.47. The summed E-state index contributed by atoms with van der Waals surface area (Å²) in [7, 11) is 1.74. The first-order valence-electron chi connectivity index (χ1n) is 6.99. The van der Waals surface area contributed by atoms with E-state index in [9.17, 15) is 0 Å². The highest BCUT2D eigenvalue weighted by molar-refractivity contribution is 5.85. The van der Waals surface area contributed by atoms with E-state index in [2.05, 4.69) is 28.8 Å². The SMILES string of the molecule is COc1ccc2c(c1)CCCC2C1CNCCN1.Cl.Cl. The van der Waals surface area contributed by atoms with Gasteiger partial charge in [-0.2, -0.15) is 0 Å². The van der Waals surface area contributed by atoms with Gasteiger partial charge in [-0.15, -0.1) is 24.8 Å². The minimum atomic E-state index is 0. The lowest BCUT2D eigenvalue weighted by Gasteiger charge is -2.35. The number of fused-ring (bicyclic) bond motifs is 1. The molecule has 2 N–H and O–H groups in total. The summed E-state index contributed by atoms with van der Waals surface area (Å²) < 4.78 is 5.33. The molecule has 0 bridgehead atoms. The third-order valence-electron chi connectivity index (χ3n) is 4.27. The van der Waals surface area contributed by atoms with Gasteiger partial charge < -0.3 is 15.4 Å². The minimum absolute atomic E-state index is 0. The quantitative estimate of drug-likeness (QED) is 0.879. The Morgan fingerprint density at radius 1 is 1.20 bits per heavy atom. The molecule has 2 unspecified atom stereocenters. The minimum Gasteiger partial charge on any atom is -0.497 e. The third-order valence-corrected chi connectivity index (χ3v) is 4.27. The fourth-order valence-corrected chi connectivity index (χ4v) is 3.33. The molecular weight excluding hydrogens is 295 g/mol. The summed E-state index contributed by atoms with van der Waals surface area (Å²) in [6.07, 6.45) is 3.80. The summed E-state index contributed by atoms with van der Waals surface area (Å²) in [5.74, 6) is 1.65. The predicted molar refractivity (Wildman–Crippen MR) is 87.8 cm³/mol. The Kier molecular flexibility index (Phi) is 7.10. The first-order chi connectivity index (χ1) is 8.88. The van der Waals surface area contributed by atoms with Gasteiger partial charge in [-0.1, -0.05) is 6.07 Å². The highest BCUT2D eigenvalue weighted by Gasteiger charge is 2.28. The summed E-state index contributed by atoms with van der Waals surface area (Å²) >= 11 is 0. The van der Waals surface area contributed by atoms with E-state index in [0.717, 1.165) is 25.4 Å². The van der Waals surface area contributed by atoms with Crippen LogP contribution in [0.25, 0.3) is 0 Å². The van der Waals surface area contributed by atoms with Gasteiger partial charge in [0.1, 0.15) is 5.75 Å². The molecule has 1 aromatic carbocycles. The normalized spacial score (nSPS) is 24.9. The highest BCUT2D eigenvalue weighted by Crippen LogP contribution is 2.35. The van der Waals surface area contributed by atoms with E-state index >= 15 is 0 Å².